The molecular formula is C60H97O11P. The summed E-state index contributed by atoms with van der Waals surface area (Å²) in [4.78, 5) is 48.4. The fourth-order valence-electron chi connectivity index (χ4n) is 6.74. The number of aliphatic hydroxyl groups is 1. The van der Waals surface area contributed by atoms with Crippen molar-refractivity contribution in [2.75, 3.05) is 26.4 Å². The predicted octanol–water partition coefficient (Wildman–Crippen LogP) is 16.0. The van der Waals surface area contributed by atoms with Crippen molar-refractivity contribution in [1.29, 1.82) is 0 Å². The molecule has 0 aromatic heterocycles. The second-order valence-corrected chi connectivity index (χ2v) is 19.1. The highest BCUT2D eigenvalue weighted by atomic mass is 31.2. The van der Waals surface area contributed by atoms with Gasteiger partial charge in [0.05, 0.1) is 19.8 Å². The van der Waals surface area contributed by atoms with E-state index in [1.807, 2.05) is 18.2 Å². The Hall–Kier alpha value is -4.12. The molecule has 2 N–H and O–H groups in total. The summed E-state index contributed by atoms with van der Waals surface area (Å²) in [6.07, 6.45) is 64.7. The van der Waals surface area contributed by atoms with E-state index in [2.05, 4.69) is 124 Å². The van der Waals surface area contributed by atoms with Crippen LogP contribution < -0.4 is 0 Å². The van der Waals surface area contributed by atoms with E-state index in [1.54, 1.807) is 0 Å². The number of carbonyl (C=O) groups is 3. The first kappa shape index (κ1) is 67.9. The number of aliphatic hydroxyl groups excluding tert-OH is 1. The number of rotatable bonds is 49. The van der Waals surface area contributed by atoms with Gasteiger partial charge in [0.1, 0.15) is 12.7 Å². The molecule has 3 unspecified atom stereocenters. The third kappa shape index (κ3) is 50.8. The zero-order chi connectivity index (χ0) is 52.7. The molecular weight excluding hydrogens is 928 g/mol. The molecule has 0 aliphatic heterocycles. The zero-order valence-electron chi connectivity index (χ0n) is 44.8. The summed E-state index contributed by atoms with van der Waals surface area (Å²) >= 11 is 0. The lowest BCUT2D eigenvalue weighted by Gasteiger charge is -2.21. The first-order valence-corrected chi connectivity index (χ1v) is 28.9. The van der Waals surface area contributed by atoms with Gasteiger partial charge >= 0.3 is 25.7 Å². The SMILES string of the molecule is CC/C=C\C/C=C\C/C=C\C/C=C\CCCCC(=O)OCC(COP(=O)(O)OCC(CO)OC(=O)CC/C=C\C/C=C\C/C=C\C/C=C\CC)OC(=O)CCCCCCCCC/C=C\C/C=C\CCCCC. The van der Waals surface area contributed by atoms with Crippen LogP contribution in [-0.2, 0) is 42.2 Å². The van der Waals surface area contributed by atoms with Crippen LogP contribution >= 0.6 is 7.82 Å². The quantitative estimate of drug-likeness (QED) is 0.0197. The van der Waals surface area contributed by atoms with Crippen molar-refractivity contribution in [2.24, 2.45) is 0 Å². The number of allylic oxidation sites excluding steroid dienone is 20. The van der Waals surface area contributed by atoms with Gasteiger partial charge in [0.25, 0.3) is 0 Å². The van der Waals surface area contributed by atoms with Crippen molar-refractivity contribution in [3.05, 3.63) is 122 Å². The van der Waals surface area contributed by atoms with Gasteiger partial charge in [0.15, 0.2) is 6.10 Å². The first-order valence-electron chi connectivity index (χ1n) is 27.4. The summed E-state index contributed by atoms with van der Waals surface area (Å²) in [5, 5.41) is 9.78. The average molecular weight is 1030 g/mol. The lowest BCUT2D eigenvalue weighted by atomic mass is 10.1. The van der Waals surface area contributed by atoms with Gasteiger partial charge in [-0.1, -0.05) is 187 Å². The third-order valence-electron chi connectivity index (χ3n) is 10.9. The molecule has 0 fully saturated rings. The Bertz CT molecular complexity index is 1670. The molecule has 3 atom stereocenters. The number of phosphoric ester groups is 1. The van der Waals surface area contributed by atoms with Crippen LogP contribution in [0, 0.1) is 0 Å². The van der Waals surface area contributed by atoms with Crippen LogP contribution in [0.5, 0.6) is 0 Å². The van der Waals surface area contributed by atoms with E-state index in [0.717, 1.165) is 109 Å². The number of hydrogen-bond donors (Lipinski definition) is 2. The van der Waals surface area contributed by atoms with E-state index >= 15 is 0 Å². The van der Waals surface area contributed by atoms with Crippen molar-refractivity contribution in [1.82, 2.24) is 0 Å². The summed E-state index contributed by atoms with van der Waals surface area (Å²) in [6, 6.07) is 0. The summed E-state index contributed by atoms with van der Waals surface area (Å²) in [6.45, 7) is 4.22. The molecule has 0 radical (unpaired) electrons. The third-order valence-corrected chi connectivity index (χ3v) is 11.8. The molecule has 0 aromatic carbocycles. The standard InChI is InChI=1S/C60H97O11P/c1-4-7-10-13-16-19-22-25-27-28-30-33-36-39-42-45-48-51-60(64)71-57(53-67-58(62)49-46-43-40-37-34-32-29-26-23-20-17-14-11-8-5-2)55-69-72(65,66)68-54-56(52-61)70-59(63)50-47-44-41-38-35-31-24-21-18-15-12-9-6-3/h8-9,11-12,16-21,25-27,29,31,34-35,37,41,44,56-57,61H,4-7,10,13-15,22-24,28,30,32-33,36,38-40,42-43,45-55H2,1-3H3,(H,65,66)/b11-8-,12-9-,19-16-,20-17-,21-18-,27-25-,29-26-,35-31-,37-34-,44-41-. The fraction of sp³-hybridized carbons (Fsp3) is 0.617. The maximum atomic E-state index is 12.9. The largest absolute Gasteiger partial charge is 0.472 e. The Morgan fingerprint density at radius 2 is 0.750 bits per heavy atom. The molecule has 11 nitrogen and oxygen atoms in total. The number of ether oxygens (including phenoxy) is 3. The lowest BCUT2D eigenvalue weighted by molar-refractivity contribution is -0.161. The first-order chi connectivity index (χ1) is 35.2. The predicted molar refractivity (Wildman–Crippen MR) is 297 cm³/mol. The minimum absolute atomic E-state index is 0.0466. The Labute approximate surface area is 437 Å². The van der Waals surface area contributed by atoms with Crippen molar-refractivity contribution in [3.63, 3.8) is 0 Å². The van der Waals surface area contributed by atoms with Crippen LogP contribution in [0.25, 0.3) is 0 Å². The Morgan fingerprint density at radius 3 is 1.22 bits per heavy atom. The minimum Gasteiger partial charge on any atom is -0.462 e. The minimum atomic E-state index is -4.78. The van der Waals surface area contributed by atoms with Crippen LogP contribution in [-0.4, -0.2) is 66.5 Å². The van der Waals surface area contributed by atoms with Crippen LogP contribution in [0.15, 0.2) is 122 Å². The van der Waals surface area contributed by atoms with Gasteiger partial charge in [0, 0.05) is 19.3 Å². The monoisotopic (exact) mass is 1020 g/mol. The highest BCUT2D eigenvalue weighted by Crippen LogP contribution is 2.43. The Morgan fingerprint density at radius 1 is 0.403 bits per heavy atom. The van der Waals surface area contributed by atoms with E-state index in [1.165, 1.54) is 32.1 Å². The molecule has 72 heavy (non-hydrogen) atoms. The normalized spacial score (nSPS) is 14.3. The van der Waals surface area contributed by atoms with Gasteiger partial charge in [-0.05, 0) is 116 Å². The van der Waals surface area contributed by atoms with Crippen molar-refractivity contribution >= 4 is 25.7 Å². The van der Waals surface area contributed by atoms with Crippen LogP contribution in [0.2, 0.25) is 0 Å². The Kier molecular flexibility index (Phi) is 50.1. The topological polar surface area (TPSA) is 155 Å². The number of unbranched alkanes of at least 4 members (excludes halogenated alkanes) is 12. The maximum absolute atomic E-state index is 12.9. The van der Waals surface area contributed by atoms with Crippen molar-refractivity contribution < 1.29 is 52.2 Å². The fourth-order valence-corrected chi connectivity index (χ4v) is 7.53. The van der Waals surface area contributed by atoms with E-state index in [-0.39, 0.29) is 25.9 Å². The van der Waals surface area contributed by atoms with Gasteiger partial charge in [-0.15, -0.1) is 0 Å². The summed E-state index contributed by atoms with van der Waals surface area (Å²) in [5.41, 5.74) is 0. The van der Waals surface area contributed by atoms with E-state index < -0.39 is 57.8 Å². The molecule has 408 valence electrons. The van der Waals surface area contributed by atoms with Gasteiger partial charge in [-0.25, -0.2) is 4.57 Å². The van der Waals surface area contributed by atoms with E-state index in [9.17, 15) is 28.9 Å². The molecule has 0 saturated carbocycles. The average Bonchev–Trinajstić information content (AvgIpc) is 3.37. The van der Waals surface area contributed by atoms with Crippen LogP contribution in [0.1, 0.15) is 201 Å². The van der Waals surface area contributed by atoms with Crippen molar-refractivity contribution in [3.8, 4) is 0 Å². The van der Waals surface area contributed by atoms with Gasteiger partial charge < -0.3 is 24.2 Å². The zero-order valence-corrected chi connectivity index (χ0v) is 45.7. The lowest BCUT2D eigenvalue weighted by Crippen LogP contribution is -2.30. The smallest absolute Gasteiger partial charge is 0.462 e. The van der Waals surface area contributed by atoms with Crippen LogP contribution in [0.4, 0.5) is 0 Å². The molecule has 0 aromatic rings. The maximum Gasteiger partial charge on any atom is 0.472 e. The summed E-state index contributed by atoms with van der Waals surface area (Å²) in [7, 11) is -4.78. The molecule has 0 rings (SSSR count). The van der Waals surface area contributed by atoms with Crippen LogP contribution in [0.3, 0.4) is 0 Å². The number of phosphoric acid groups is 1. The molecule has 0 heterocycles. The van der Waals surface area contributed by atoms with E-state index in [4.69, 9.17) is 23.3 Å². The summed E-state index contributed by atoms with van der Waals surface area (Å²) in [5.74, 6) is -1.63. The van der Waals surface area contributed by atoms with E-state index in [0.29, 0.717) is 19.3 Å². The highest BCUT2D eigenvalue weighted by Gasteiger charge is 2.28. The Balaban J connectivity index is 4.89. The number of carbonyl (C=O) groups excluding carboxylic acids is 3. The second-order valence-electron chi connectivity index (χ2n) is 17.6. The molecule has 0 bridgehead atoms. The second kappa shape index (κ2) is 53.2. The molecule has 0 amide bonds. The molecule has 0 spiro atoms. The van der Waals surface area contributed by atoms with Gasteiger partial charge in [-0.2, -0.15) is 0 Å². The number of hydrogen-bond acceptors (Lipinski definition) is 10. The van der Waals surface area contributed by atoms with Gasteiger partial charge in [0.2, 0.25) is 0 Å². The number of esters is 3. The molecule has 0 saturated heterocycles. The van der Waals surface area contributed by atoms with Crippen molar-refractivity contribution in [2.45, 2.75) is 213 Å². The molecule has 0 aliphatic rings. The summed E-state index contributed by atoms with van der Waals surface area (Å²) < 4.78 is 39.3. The highest BCUT2D eigenvalue weighted by molar-refractivity contribution is 7.47. The van der Waals surface area contributed by atoms with Gasteiger partial charge in [-0.3, -0.25) is 23.4 Å². The molecule has 12 heteroatoms. The molecule has 0 aliphatic carbocycles.